The predicted molar refractivity (Wildman–Crippen MR) is 61.3 cm³/mol. The topological polar surface area (TPSA) is 50.4 Å². The fourth-order valence-electron chi connectivity index (χ4n) is 1.74. The minimum atomic E-state index is -0.861. The fourth-order valence-corrected chi connectivity index (χ4v) is 1.74. The third-order valence-electron chi connectivity index (χ3n) is 2.68. The van der Waals surface area contributed by atoms with Crippen LogP contribution in [0, 0.1) is 11.6 Å². The summed E-state index contributed by atoms with van der Waals surface area (Å²) in [4.78, 5) is 11.7. The molecule has 0 bridgehead atoms. The molecule has 0 saturated carbocycles. The smallest absolute Gasteiger partial charge is 0.254 e. The highest BCUT2D eigenvalue weighted by Gasteiger charge is 2.16. The zero-order valence-corrected chi connectivity index (χ0v) is 9.71. The normalized spacial score (nSPS) is 19.6. The highest BCUT2D eigenvalue weighted by Crippen LogP contribution is 2.09. The second-order valence-corrected chi connectivity index (χ2v) is 4.06. The number of hydrogen-bond acceptors (Lipinski definition) is 3. The van der Waals surface area contributed by atoms with E-state index in [1.54, 1.807) is 0 Å². The first kappa shape index (κ1) is 12.9. The molecule has 2 rings (SSSR count). The van der Waals surface area contributed by atoms with Crippen LogP contribution in [0.1, 0.15) is 10.4 Å². The summed E-state index contributed by atoms with van der Waals surface area (Å²) in [5.41, 5.74) is -0.159. The van der Waals surface area contributed by atoms with Crippen LogP contribution in [0.25, 0.3) is 0 Å². The average molecular weight is 256 g/mol. The number of amides is 1. The molecule has 0 radical (unpaired) electrons. The quantitative estimate of drug-likeness (QED) is 0.836. The Balaban J connectivity index is 1.90. The monoisotopic (exact) mass is 256 g/mol. The molecule has 1 heterocycles. The van der Waals surface area contributed by atoms with Crippen molar-refractivity contribution >= 4 is 5.91 Å². The van der Waals surface area contributed by atoms with E-state index in [9.17, 15) is 13.6 Å². The zero-order chi connectivity index (χ0) is 13.0. The average Bonchev–Trinajstić information content (AvgIpc) is 2.37. The molecule has 1 fully saturated rings. The number of benzene rings is 1. The fraction of sp³-hybridized carbons (Fsp3) is 0.417. The minimum Gasteiger partial charge on any atom is -0.378 e. The van der Waals surface area contributed by atoms with Crippen molar-refractivity contribution in [1.29, 1.82) is 0 Å². The summed E-state index contributed by atoms with van der Waals surface area (Å²) in [5, 5.41) is 5.74. The van der Waals surface area contributed by atoms with Crippen LogP contribution in [-0.2, 0) is 4.74 Å². The number of ether oxygens (including phenoxy) is 1. The van der Waals surface area contributed by atoms with E-state index in [1.807, 2.05) is 0 Å². The molecule has 2 N–H and O–H groups in total. The summed E-state index contributed by atoms with van der Waals surface area (Å²) < 4.78 is 31.2. The van der Waals surface area contributed by atoms with Crippen molar-refractivity contribution < 1.29 is 18.3 Å². The van der Waals surface area contributed by atoms with Crippen LogP contribution >= 0.6 is 0 Å². The maximum Gasteiger partial charge on any atom is 0.254 e. The van der Waals surface area contributed by atoms with Gasteiger partial charge in [-0.2, -0.15) is 0 Å². The van der Waals surface area contributed by atoms with Crippen LogP contribution in [0.5, 0.6) is 0 Å². The number of hydrogen-bond donors (Lipinski definition) is 2. The first-order chi connectivity index (χ1) is 8.66. The molecule has 1 saturated heterocycles. The summed E-state index contributed by atoms with van der Waals surface area (Å²) in [6.45, 7) is 2.23. The summed E-state index contributed by atoms with van der Waals surface area (Å²) in [6, 6.07) is 2.90. The standard InChI is InChI=1S/C12H14F2N2O2/c13-8-1-2-10(11(14)5-8)12(17)16-6-9-7-18-4-3-15-9/h1-2,5,9,15H,3-4,6-7H2,(H,16,17). The van der Waals surface area contributed by atoms with Crippen LogP contribution in [0.4, 0.5) is 8.78 Å². The summed E-state index contributed by atoms with van der Waals surface area (Å²) in [6.07, 6.45) is 0. The molecular weight excluding hydrogens is 242 g/mol. The van der Waals surface area contributed by atoms with Gasteiger partial charge in [-0.3, -0.25) is 4.79 Å². The summed E-state index contributed by atoms with van der Waals surface area (Å²) in [5.74, 6) is -2.12. The van der Waals surface area contributed by atoms with E-state index in [1.165, 1.54) is 0 Å². The third-order valence-corrected chi connectivity index (χ3v) is 2.68. The van der Waals surface area contributed by atoms with Gasteiger partial charge in [-0.05, 0) is 12.1 Å². The Morgan fingerprint density at radius 1 is 1.50 bits per heavy atom. The third kappa shape index (κ3) is 3.24. The SMILES string of the molecule is O=C(NCC1COCCN1)c1ccc(F)cc1F. The Kier molecular flexibility index (Phi) is 4.22. The molecule has 4 nitrogen and oxygen atoms in total. The van der Waals surface area contributed by atoms with Crippen LogP contribution < -0.4 is 10.6 Å². The molecule has 1 aromatic carbocycles. The Morgan fingerprint density at radius 2 is 2.33 bits per heavy atom. The van der Waals surface area contributed by atoms with Crippen molar-refractivity contribution in [3.8, 4) is 0 Å². The first-order valence-electron chi connectivity index (χ1n) is 5.71. The molecule has 1 amide bonds. The zero-order valence-electron chi connectivity index (χ0n) is 9.71. The highest BCUT2D eigenvalue weighted by atomic mass is 19.1. The Hall–Kier alpha value is -1.53. The van der Waals surface area contributed by atoms with Gasteiger partial charge in [-0.1, -0.05) is 0 Å². The molecule has 0 aromatic heterocycles. The van der Waals surface area contributed by atoms with E-state index in [0.29, 0.717) is 25.8 Å². The molecule has 98 valence electrons. The molecule has 18 heavy (non-hydrogen) atoms. The minimum absolute atomic E-state index is 0.0196. The number of carbonyl (C=O) groups is 1. The molecule has 0 aliphatic carbocycles. The lowest BCUT2D eigenvalue weighted by atomic mass is 10.2. The second kappa shape index (κ2) is 5.88. The molecular formula is C12H14F2N2O2. The number of carbonyl (C=O) groups excluding carboxylic acids is 1. The van der Waals surface area contributed by atoms with Gasteiger partial charge in [0.2, 0.25) is 0 Å². The first-order valence-corrected chi connectivity index (χ1v) is 5.71. The van der Waals surface area contributed by atoms with E-state index in [2.05, 4.69) is 10.6 Å². The van der Waals surface area contributed by atoms with Gasteiger partial charge in [0.1, 0.15) is 11.6 Å². The Morgan fingerprint density at radius 3 is 3.00 bits per heavy atom. The van der Waals surface area contributed by atoms with Crippen LogP contribution in [0.3, 0.4) is 0 Å². The van der Waals surface area contributed by atoms with Crippen LogP contribution in [-0.4, -0.2) is 38.3 Å². The molecule has 1 aliphatic heterocycles. The Bertz CT molecular complexity index is 434. The maximum absolute atomic E-state index is 13.3. The number of nitrogens with one attached hydrogen (secondary N) is 2. The lowest BCUT2D eigenvalue weighted by Gasteiger charge is -2.23. The predicted octanol–water partition coefficient (Wildman–Crippen LogP) is 0.683. The number of halogens is 2. The van der Waals surface area contributed by atoms with Gasteiger partial charge in [0.05, 0.1) is 18.8 Å². The van der Waals surface area contributed by atoms with Gasteiger partial charge in [0, 0.05) is 25.2 Å². The van der Waals surface area contributed by atoms with Crippen molar-refractivity contribution in [2.75, 3.05) is 26.3 Å². The van der Waals surface area contributed by atoms with Gasteiger partial charge in [0.25, 0.3) is 5.91 Å². The van der Waals surface area contributed by atoms with Gasteiger partial charge in [0.15, 0.2) is 0 Å². The lowest BCUT2D eigenvalue weighted by Crippen LogP contribution is -2.48. The van der Waals surface area contributed by atoms with Gasteiger partial charge in [-0.25, -0.2) is 8.78 Å². The van der Waals surface area contributed by atoms with Crippen molar-refractivity contribution in [3.05, 3.63) is 35.4 Å². The van der Waals surface area contributed by atoms with E-state index in [4.69, 9.17) is 4.74 Å². The largest absolute Gasteiger partial charge is 0.378 e. The van der Waals surface area contributed by atoms with Gasteiger partial charge >= 0.3 is 0 Å². The van der Waals surface area contributed by atoms with Crippen molar-refractivity contribution in [1.82, 2.24) is 10.6 Å². The van der Waals surface area contributed by atoms with E-state index < -0.39 is 17.5 Å². The Labute approximate surface area is 103 Å². The maximum atomic E-state index is 13.3. The molecule has 1 aromatic rings. The van der Waals surface area contributed by atoms with Crippen molar-refractivity contribution in [2.45, 2.75) is 6.04 Å². The molecule has 1 aliphatic rings. The number of rotatable bonds is 3. The molecule has 1 unspecified atom stereocenters. The molecule has 1 atom stereocenters. The van der Waals surface area contributed by atoms with Crippen LogP contribution in [0.2, 0.25) is 0 Å². The molecule has 0 spiro atoms. The van der Waals surface area contributed by atoms with E-state index >= 15 is 0 Å². The molecule has 6 heteroatoms. The second-order valence-electron chi connectivity index (χ2n) is 4.06. The summed E-state index contributed by atoms with van der Waals surface area (Å²) in [7, 11) is 0. The lowest BCUT2D eigenvalue weighted by molar-refractivity contribution is 0.0734. The van der Waals surface area contributed by atoms with Crippen molar-refractivity contribution in [2.24, 2.45) is 0 Å². The summed E-state index contributed by atoms with van der Waals surface area (Å²) >= 11 is 0. The highest BCUT2D eigenvalue weighted by molar-refractivity contribution is 5.94. The van der Waals surface area contributed by atoms with Crippen molar-refractivity contribution in [3.63, 3.8) is 0 Å². The van der Waals surface area contributed by atoms with Crippen LogP contribution in [0.15, 0.2) is 18.2 Å². The number of morpholine rings is 1. The van der Waals surface area contributed by atoms with Gasteiger partial charge < -0.3 is 15.4 Å². The van der Waals surface area contributed by atoms with Gasteiger partial charge in [-0.15, -0.1) is 0 Å². The van der Waals surface area contributed by atoms with E-state index in [-0.39, 0.29) is 11.6 Å². The van der Waals surface area contributed by atoms with E-state index in [0.717, 1.165) is 18.7 Å².